The molecule has 0 aromatic heterocycles. The van der Waals surface area contributed by atoms with Gasteiger partial charge in [0, 0.05) is 37.1 Å². The van der Waals surface area contributed by atoms with E-state index in [4.69, 9.17) is 4.74 Å². The number of amides is 1. The van der Waals surface area contributed by atoms with Gasteiger partial charge in [-0.25, -0.2) is 0 Å². The van der Waals surface area contributed by atoms with Gasteiger partial charge < -0.3 is 14.5 Å². The first-order chi connectivity index (χ1) is 13.1. The van der Waals surface area contributed by atoms with Crippen LogP contribution in [0.4, 0.5) is 11.4 Å². The lowest BCUT2D eigenvalue weighted by molar-refractivity contribution is -0.384. The summed E-state index contributed by atoms with van der Waals surface area (Å²) in [6.07, 6.45) is 0. The highest BCUT2D eigenvalue weighted by atomic mass is 32.2. The molecule has 0 atom stereocenters. The van der Waals surface area contributed by atoms with Crippen molar-refractivity contribution in [2.24, 2.45) is 0 Å². The Labute approximate surface area is 162 Å². The van der Waals surface area contributed by atoms with Crippen molar-refractivity contribution >= 4 is 29.0 Å². The van der Waals surface area contributed by atoms with Crippen molar-refractivity contribution in [3.05, 3.63) is 58.6 Å². The summed E-state index contributed by atoms with van der Waals surface area (Å²) in [5.74, 6) is 1.20. The van der Waals surface area contributed by atoms with E-state index in [-0.39, 0.29) is 16.5 Å². The van der Waals surface area contributed by atoms with Crippen LogP contribution in [0.3, 0.4) is 0 Å². The van der Waals surface area contributed by atoms with Gasteiger partial charge in [-0.3, -0.25) is 14.9 Å². The van der Waals surface area contributed by atoms with Gasteiger partial charge in [0.25, 0.3) is 5.69 Å². The quantitative estimate of drug-likeness (QED) is 0.431. The highest BCUT2D eigenvalue weighted by Gasteiger charge is 2.25. The number of anilines is 1. The molecule has 1 heterocycles. The van der Waals surface area contributed by atoms with Crippen molar-refractivity contribution in [3.63, 3.8) is 0 Å². The number of piperazine rings is 1. The van der Waals surface area contributed by atoms with Crippen LogP contribution >= 0.6 is 11.8 Å². The van der Waals surface area contributed by atoms with E-state index in [1.54, 1.807) is 25.3 Å². The summed E-state index contributed by atoms with van der Waals surface area (Å²) < 4.78 is 5.20. The Morgan fingerprint density at radius 3 is 2.59 bits per heavy atom. The number of nitrogens with zero attached hydrogens (tertiary/aromatic N) is 3. The third-order valence-corrected chi connectivity index (χ3v) is 5.43. The second-order valence-corrected chi connectivity index (χ2v) is 7.13. The van der Waals surface area contributed by atoms with Gasteiger partial charge in [-0.15, -0.1) is 11.8 Å². The van der Waals surface area contributed by atoms with Gasteiger partial charge >= 0.3 is 0 Å². The second kappa shape index (κ2) is 8.77. The van der Waals surface area contributed by atoms with Crippen LogP contribution in [-0.4, -0.2) is 54.8 Å². The van der Waals surface area contributed by atoms with E-state index >= 15 is 0 Å². The number of methoxy groups -OCH3 is 1. The number of para-hydroxylation sites is 2. The molecule has 8 heteroatoms. The lowest BCUT2D eigenvalue weighted by atomic mass is 10.2. The number of rotatable bonds is 6. The standard InChI is InChI=1S/C19H21N3O4S/c1-26-15-5-4-6-16(13-15)27-14-19(23)21-11-9-20(10-12-21)17-7-2-3-8-18(17)22(24)25/h2-8,13H,9-12,14H2,1H3. The summed E-state index contributed by atoms with van der Waals surface area (Å²) in [6.45, 7) is 2.29. The zero-order valence-electron chi connectivity index (χ0n) is 15.0. The van der Waals surface area contributed by atoms with E-state index in [1.165, 1.54) is 17.8 Å². The molecule has 2 aromatic carbocycles. The molecule has 142 valence electrons. The zero-order chi connectivity index (χ0) is 19.2. The number of hydrogen-bond donors (Lipinski definition) is 0. The molecule has 1 aliphatic heterocycles. The molecule has 1 saturated heterocycles. The van der Waals surface area contributed by atoms with E-state index in [2.05, 4.69) is 0 Å². The number of carbonyl (C=O) groups excluding carboxylic acids is 1. The van der Waals surface area contributed by atoms with Gasteiger partial charge in [0.2, 0.25) is 5.91 Å². The minimum atomic E-state index is -0.363. The van der Waals surface area contributed by atoms with Gasteiger partial charge in [-0.05, 0) is 24.3 Å². The van der Waals surface area contributed by atoms with E-state index in [0.29, 0.717) is 37.6 Å². The minimum absolute atomic E-state index is 0.0741. The SMILES string of the molecule is COc1cccc(SCC(=O)N2CCN(c3ccccc3[N+](=O)[O-])CC2)c1. The Hall–Kier alpha value is -2.74. The smallest absolute Gasteiger partial charge is 0.292 e. The van der Waals surface area contributed by atoms with Crippen molar-refractivity contribution in [2.45, 2.75) is 4.90 Å². The monoisotopic (exact) mass is 387 g/mol. The Morgan fingerprint density at radius 1 is 1.15 bits per heavy atom. The van der Waals surface area contributed by atoms with Crippen LogP contribution in [0.15, 0.2) is 53.4 Å². The molecular weight excluding hydrogens is 366 g/mol. The van der Waals surface area contributed by atoms with E-state index in [0.717, 1.165) is 10.6 Å². The highest BCUT2D eigenvalue weighted by molar-refractivity contribution is 8.00. The average molecular weight is 387 g/mol. The predicted molar refractivity (Wildman–Crippen MR) is 106 cm³/mol. The Kier molecular flexibility index (Phi) is 6.18. The molecule has 2 aromatic rings. The largest absolute Gasteiger partial charge is 0.497 e. The first-order valence-corrected chi connectivity index (χ1v) is 9.60. The first-order valence-electron chi connectivity index (χ1n) is 8.61. The molecule has 0 bridgehead atoms. The Balaban J connectivity index is 1.54. The summed E-state index contributed by atoms with van der Waals surface area (Å²) >= 11 is 1.48. The molecule has 0 radical (unpaired) electrons. The fourth-order valence-corrected chi connectivity index (χ4v) is 3.86. The van der Waals surface area contributed by atoms with Crippen molar-refractivity contribution in [3.8, 4) is 5.75 Å². The van der Waals surface area contributed by atoms with Crippen LogP contribution in [0.1, 0.15) is 0 Å². The van der Waals surface area contributed by atoms with Crippen LogP contribution < -0.4 is 9.64 Å². The molecule has 0 aliphatic carbocycles. The van der Waals surface area contributed by atoms with Gasteiger partial charge in [-0.2, -0.15) is 0 Å². The fraction of sp³-hybridized carbons (Fsp3) is 0.316. The Bertz CT molecular complexity index is 822. The molecule has 1 aliphatic rings. The van der Waals surface area contributed by atoms with Crippen LogP contribution in [0, 0.1) is 10.1 Å². The summed E-state index contributed by atoms with van der Waals surface area (Å²) in [5, 5.41) is 11.2. The average Bonchev–Trinajstić information content (AvgIpc) is 2.72. The number of nitro groups is 1. The van der Waals surface area contributed by atoms with Crippen LogP contribution in [-0.2, 0) is 4.79 Å². The van der Waals surface area contributed by atoms with Gasteiger partial charge in [0.1, 0.15) is 11.4 Å². The molecule has 0 spiro atoms. The predicted octanol–water partition coefficient (Wildman–Crippen LogP) is 3.04. The summed E-state index contributed by atoms with van der Waals surface area (Å²) in [7, 11) is 1.62. The maximum Gasteiger partial charge on any atom is 0.292 e. The summed E-state index contributed by atoms with van der Waals surface area (Å²) in [5.41, 5.74) is 0.714. The minimum Gasteiger partial charge on any atom is -0.497 e. The maximum atomic E-state index is 12.5. The van der Waals surface area contributed by atoms with Gasteiger partial charge in [0.05, 0.1) is 17.8 Å². The number of thioether (sulfide) groups is 1. The molecule has 1 amide bonds. The summed E-state index contributed by atoms with van der Waals surface area (Å²) in [4.78, 5) is 28.1. The molecule has 1 fully saturated rings. The van der Waals surface area contributed by atoms with E-state index in [1.807, 2.05) is 34.1 Å². The van der Waals surface area contributed by atoms with Gasteiger partial charge in [0.15, 0.2) is 0 Å². The molecule has 0 unspecified atom stereocenters. The third-order valence-electron chi connectivity index (χ3n) is 4.46. The molecule has 0 saturated carbocycles. The second-order valence-electron chi connectivity index (χ2n) is 6.08. The molecule has 3 rings (SSSR count). The van der Waals surface area contributed by atoms with Crippen molar-refractivity contribution < 1.29 is 14.5 Å². The highest BCUT2D eigenvalue weighted by Crippen LogP contribution is 2.28. The zero-order valence-corrected chi connectivity index (χ0v) is 15.9. The first kappa shape index (κ1) is 19.0. The van der Waals surface area contributed by atoms with Crippen LogP contribution in [0.5, 0.6) is 5.75 Å². The molecule has 27 heavy (non-hydrogen) atoms. The van der Waals surface area contributed by atoms with Gasteiger partial charge in [-0.1, -0.05) is 18.2 Å². The van der Waals surface area contributed by atoms with Crippen molar-refractivity contribution in [1.29, 1.82) is 0 Å². The lowest BCUT2D eigenvalue weighted by Crippen LogP contribution is -2.49. The maximum absolute atomic E-state index is 12.5. The topological polar surface area (TPSA) is 75.9 Å². The lowest BCUT2D eigenvalue weighted by Gasteiger charge is -2.35. The fourth-order valence-electron chi connectivity index (χ4n) is 3.01. The molecule has 0 N–H and O–H groups in total. The van der Waals surface area contributed by atoms with E-state index in [9.17, 15) is 14.9 Å². The molecular formula is C19H21N3O4S. The number of hydrogen-bond acceptors (Lipinski definition) is 6. The summed E-state index contributed by atoms with van der Waals surface area (Å²) in [6, 6.07) is 14.4. The third kappa shape index (κ3) is 4.71. The van der Waals surface area contributed by atoms with Crippen molar-refractivity contribution in [2.75, 3.05) is 43.9 Å². The van der Waals surface area contributed by atoms with Crippen LogP contribution in [0.2, 0.25) is 0 Å². The number of ether oxygens (including phenoxy) is 1. The number of nitro benzene ring substituents is 1. The number of carbonyl (C=O) groups is 1. The molecule has 7 nitrogen and oxygen atoms in total. The van der Waals surface area contributed by atoms with Crippen LogP contribution in [0.25, 0.3) is 0 Å². The number of benzene rings is 2. The normalized spacial score (nSPS) is 14.1. The Morgan fingerprint density at radius 2 is 1.89 bits per heavy atom. The van der Waals surface area contributed by atoms with E-state index < -0.39 is 0 Å². The van der Waals surface area contributed by atoms with Crippen molar-refractivity contribution in [1.82, 2.24) is 4.90 Å².